The van der Waals surface area contributed by atoms with Crippen LogP contribution in [0, 0.1) is 0 Å². The average molecular weight is 276 g/mol. The molecule has 0 aliphatic heterocycles. The Bertz CT molecular complexity index is 383. The van der Waals surface area contributed by atoms with Crippen LogP contribution in [0.15, 0.2) is 18.2 Å². The largest absolute Gasteiger partial charge is 0.495 e. The minimum absolute atomic E-state index is 0.0312. The number of rotatable bonds is 6. The first-order valence-corrected chi connectivity index (χ1v) is 6.28. The van der Waals surface area contributed by atoms with Gasteiger partial charge in [0.25, 0.3) is 0 Å². The van der Waals surface area contributed by atoms with Gasteiger partial charge in [0, 0.05) is 18.0 Å². The van der Waals surface area contributed by atoms with E-state index in [1.807, 2.05) is 0 Å². The van der Waals surface area contributed by atoms with Crippen molar-refractivity contribution in [3.63, 3.8) is 0 Å². The minimum Gasteiger partial charge on any atom is -0.495 e. The van der Waals surface area contributed by atoms with Crippen molar-refractivity contribution in [3.8, 4) is 5.75 Å². The Balaban J connectivity index is 2.51. The molecule has 0 aliphatic rings. The molecule has 3 nitrogen and oxygen atoms in total. The van der Waals surface area contributed by atoms with E-state index in [9.17, 15) is 4.79 Å². The van der Waals surface area contributed by atoms with Gasteiger partial charge in [0.15, 0.2) is 0 Å². The first kappa shape index (κ1) is 14.1. The molecule has 94 valence electrons. The molecule has 0 saturated heterocycles. The molecule has 0 spiro atoms. The van der Waals surface area contributed by atoms with E-state index in [0.717, 1.165) is 12.8 Å². The maximum atomic E-state index is 11.5. The lowest BCUT2D eigenvalue weighted by atomic mass is 10.2. The first-order chi connectivity index (χ1) is 8.17. The third-order valence-corrected chi connectivity index (χ3v) is 2.79. The Morgan fingerprint density at radius 1 is 1.41 bits per heavy atom. The zero-order valence-electron chi connectivity index (χ0n) is 9.63. The monoisotopic (exact) mass is 275 g/mol. The van der Waals surface area contributed by atoms with Gasteiger partial charge in [0.2, 0.25) is 5.91 Å². The van der Waals surface area contributed by atoms with Crippen molar-refractivity contribution >= 4 is 34.8 Å². The molecule has 1 amide bonds. The topological polar surface area (TPSA) is 38.3 Å². The summed E-state index contributed by atoms with van der Waals surface area (Å²) in [4.78, 5) is 11.5. The molecule has 0 bridgehead atoms. The molecule has 0 heterocycles. The lowest BCUT2D eigenvalue weighted by molar-refractivity contribution is -0.116. The summed E-state index contributed by atoms with van der Waals surface area (Å²) in [6, 6.07) is 5.14. The highest BCUT2D eigenvalue weighted by molar-refractivity contribution is 6.32. The number of carbonyl (C=O) groups excluding carboxylic acids is 1. The number of nitrogens with one attached hydrogen (secondary N) is 1. The Morgan fingerprint density at radius 2 is 2.18 bits per heavy atom. The Labute approximate surface area is 111 Å². The van der Waals surface area contributed by atoms with Crippen LogP contribution in [-0.4, -0.2) is 18.9 Å². The van der Waals surface area contributed by atoms with Crippen molar-refractivity contribution in [2.24, 2.45) is 0 Å². The van der Waals surface area contributed by atoms with Gasteiger partial charge in [-0.2, -0.15) is 0 Å². The van der Waals surface area contributed by atoms with E-state index in [1.54, 1.807) is 25.3 Å². The summed E-state index contributed by atoms with van der Waals surface area (Å²) in [5, 5.41) is 3.25. The van der Waals surface area contributed by atoms with Crippen LogP contribution in [0.1, 0.15) is 19.3 Å². The number of anilines is 1. The Morgan fingerprint density at radius 3 is 2.76 bits per heavy atom. The second-order valence-electron chi connectivity index (χ2n) is 3.54. The highest BCUT2D eigenvalue weighted by Gasteiger charge is 2.05. The van der Waals surface area contributed by atoms with Gasteiger partial charge in [0.1, 0.15) is 5.75 Å². The van der Waals surface area contributed by atoms with Crippen LogP contribution in [0.4, 0.5) is 5.69 Å². The third kappa shape index (κ3) is 4.84. The van der Waals surface area contributed by atoms with E-state index in [2.05, 4.69) is 5.32 Å². The molecule has 0 unspecified atom stereocenters. The second kappa shape index (κ2) is 7.41. The second-order valence-corrected chi connectivity index (χ2v) is 4.33. The molecule has 0 radical (unpaired) electrons. The van der Waals surface area contributed by atoms with Crippen LogP contribution >= 0.6 is 23.2 Å². The number of halogens is 2. The number of amides is 1. The predicted octanol–water partition coefficient (Wildman–Crippen LogP) is 3.70. The van der Waals surface area contributed by atoms with E-state index < -0.39 is 0 Å². The Kier molecular flexibility index (Phi) is 6.16. The molecule has 0 aliphatic carbocycles. The molecule has 5 heteroatoms. The van der Waals surface area contributed by atoms with Gasteiger partial charge in [0.05, 0.1) is 12.1 Å². The van der Waals surface area contributed by atoms with E-state index in [-0.39, 0.29) is 5.91 Å². The molecule has 1 rings (SSSR count). The van der Waals surface area contributed by atoms with Crippen LogP contribution in [-0.2, 0) is 4.79 Å². The van der Waals surface area contributed by atoms with Crippen LogP contribution in [0.25, 0.3) is 0 Å². The molecule has 0 atom stereocenters. The summed E-state index contributed by atoms with van der Waals surface area (Å²) in [5.41, 5.74) is 0.673. The van der Waals surface area contributed by atoms with Crippen molar-refractivity contribution in [3.05, 3.63) is 23.2 Å². The number of ether oxygens (including phenoxy) is 1. The highest BCUT2D eigenvalue weighted by atomic mass is 35.5. The van der Waals surface area contributed by atoms with Crippen LogP contribution in [0.3, 0.4) is 0 Å². The summed E-state index contributed by atoms with van der Waals surface area (Å²) in [7, 11) is 1.55. The zero-order valence-corrected chi connectivity index (χ0v) is 11.1. The fourth-order valence-corrected chi connectivity index (χ4v) is 1.79. The summed E-state index contributed by atoms with van der Waals surface area (Å²) in [5.74, 6) is 1.14. The van der Waals surface area contributed by atoms with Crippen LogP contribution in [0.5, 0.6) is 5.75 Å². The van der Waals surface area contributed by atoms with Gasteiger partial charge in [-0.25, -0.2) is 0 Å². The number of carbonyl (C=O) groups is 1. The zero-order chi connectivity index (χ0) is 12.7. The van der Waals surface area contributed by atoms with Gasteiger partial charge < -0.3 is 10.1 Å². The van der Waals surface area contributed by atoms with Crippen molar-refractivity contribution in [2.75, 3.05) is 18.3 Å². The fourth-order valence-electron chi connectivity index (χ4n) is 1.35. The van der Waals surface area contributed by atoms with E-state index >= 15 is 0 Å². The molecular formula is C12H15Cl2NO2. The van der Waals surface area contributed by atoms with Gasteiger partial charge in [-0.1, -0.05) is 11.6 Å². The molecule has 1 aromatic rings. The minimum atomic E-state index is -0.0312. The molecule has 0 fully saturated rings. The summed E-state index contributed by atoms with van der Waals surface area (Å²) in [6.45, 7) is 0. The lowest BCUT2D eigenvalue weighted by Crippen LogP contribution is -2.11. The number of hydrogen-bond acceptors (Lipinski definition) is 2. The lowest BCUT2D eigenvalue weighted by Gasteiger charge is -2.07. The maximum Gasteiger partial charge on any atom is 0.224 e. The average Bonchev–Trinajstić information content (AvgIpc) is 2.29. The van der Waals surface area contributed by atoms with Gasteiger partial charge >= 0.3 is 0 Å². The number of unbranched alkanes of at least 4 members (excludes halogenated alkanes) is 1. The van der Waals surface area contributed by atoms with Crippen molar-refractivity contribution in [1.29, 1.82) is 0 Å². The number of hydrogen-bond donors (Lipinski definition) is 1. The first-order valence-electron chi connectivity index (χ1n) is 5.36. The van der Waals surface area contributed by atoms with Gasteiger partial charge in [-0.3, -0.25) is 4.79 Å². The van der Waals surface area contributed by atoms with Gasteiger partial charge in [-0.15, -0.1) is 11.6 Å². The van der Waals surface area contributed by atoms with Crippen LogP contribution < -0.4 is 10.1 Å². The van der Waals surface area contributed by atoms with Crippen molar-refractivity contribution in [2.45, 2.75) is 19.3 Å². The summed E-state index contributed by atoms with van der Waals surface area (Å²) >= 11 is 11.5. The molecule has 17 heavy (non-hydrogen) atoms. The standard InChI is InChI=1S/C12H15Cl2NO2/c1-17-11-6-5-9(8-10(11)14)15-12(16)4-2-3-7-13/h5-6,8H,2-4,7H2,1H3,(H,15,16). The molecule has 0 aromatic heterocycles. The fraction of sp³-hybridized carbons (Fsp3) is 0.417. The quantitative estimate of drug-likeness (QED) is 0.635. The molecular weight excluding hydrogens is 261 g/mol. The van der Waals surface area contributed by atoms with E-state index in [0.29, 0.717) is 28.8 Å². The van der Waals surface area contributed by atoms with Crippen LogP contribution in [0.2, 0.25) is 5.02 Å². The Hall–Kier alpha value is -0.930. The number of alkyl halides is 1. The third-order valence-electron chi connectivity index (χ3n) is 2.22. The van der Waals surface area contributed by atoms with E-state index in [1.165, 1.54) is 0 Å². The van der Waals surface area contributed by atoms with E-state index in [4.69, 9.17) is 27.9 Å². The predicted molar refractivity (Wildman–Crippen MR) is 71.2 cm³/mol. The van der Waals surface area contributed by atoms with Crippen molar-refractivity contribution in [1.82, 2.24) is 0 Å². The van der Waals surface area contributed by atoms with Gasteiger partial charge in [-0.05, 0) is 31.0 Å². The summed E-state index contributed by atoms with van der Waals surface area (Å²) < 4.78 is 5.03. The summed E-state index contributed by atoms with van der Waals surface area (Å²) in [6.07, 6.45) is 2.11. The number of benzene rings is 1. The molecule has 1 N–H and O–H groups in total. The van der Waals surface area contributed by atoms with Crippen molar-refractivity contribution < 1.29 is 9.53 Å². The highest BCUT2D eigenvalue weighted by Crippen LogP contribution is 2.27. The smallest absolute Gasteiger partial charge is 0.224 e. The number of methoxy groups -OCH3 is 1. The molecule has 1 aromatic carbocycles. The molecule has 0 saturated carbocycles. The normalized spacial score (nSPS) is 10.1. The SMILES string of the molecule is COc1ccc(NC(=O)CCCCCl)cc1Cl. The maximum absolute atomic E-state index is 11.5.